The number of sulfone groups is 1. The van der Waals surface area contributed by atoms with Gasteiger partial charge in [-0.15, -0.1) is 0 Å². The Balaban J connectivity index is 2.28. The molecule has 5 nitrogen and oxygen atoms in total. The minimum Gasteiger partial charge on any atom is -0.463 e. The fourth-order valence-electron chi connectivity index (χ4n) is 1.87. The van der Waals surface area contributed by atoms with Gasteiger partial charge in [-0.3, -0.25) is 0 Å². The number of likely N-dealkylation sites (N-methyl/N-ethyl adjacent to an activating group) is 1. The minimum atomic E-state index is -3.48. The quantitative estimate of drug-likeness (QED) is 0.842. The van der Waals surface area contributed by atoms with Gasteiger partial charge in [-0.1, -0.05) is 6.92 Å². The van der Waals surface area contributed by atoms with Crippen LogP contribution in [0.2, 0.25) is 0 Å². The van der Waals surface area contributed by atoms with Gasteiger partial charge in [0.15, 0.2) is 9.84 Å². The lowest BCUT2D eigenvalue weighted by atomic mass is 10.2. The number of rotatable bonds is 4. The Morgan fingerprint density at radius 3 is 2.75 bits per heavy atom. The van der Waals surface area contributed by atoms with Crippen molar-refractivity contribution in [2.24, 2.45) is 0 Å². The second-order valence-corrected chi connectivity index (χ2v) is 6.88. The Hall–Kier alpha value is -1.18. The van der Waals surface area contributed by atoms with Crippen LogP contribution >= 0.6 is 0 Å². The topological polar surface area (TPSA) is 55.8 Å². The van der Waals surface area contributed by atoms with Gasteiger partial charge in [0.05, 0.1) is 23.6 Å². The standard InChI is InChI=1S/C13H18FNO4S/c1-4-15(2)7-13-18-8-10-11(14)5-9(20(3,16)17)6-12(10)19-13/h5-6,13H,4,7-8H2,1-3H3. The van der Waals surface area contributed by atoms with Crippen LogP contribution in [0.4, 0.5) is 4.39 Å². The number of fused-ring (bicyclic) bond motifs is 1. The lowest BCUT2D eigenvalue weighted by Gasteiger charge is -2.29. The highest BCUT2D eigenvalue weighted by atomic mass is 32.2. The highest BCUT2D eigenvalue weighted by Crippen LogP contribution is 2.31. The van der Waals surface area contributed by atoms with Crippen molar-refractivity contribution >= 4 is 9.84 Å². The summed E-state index contributed by atoms with van der Waals surface area (Å²) in [6, 6.07) is 2.36. The Morgan fingerprint density at radius 1 is 1.45 bits per heavy atom. The second-order valence-electron chi connectivity index (χ2n) is 4.87. The zero-order valence-electron chi connectivity index (χ0n) is 11.7. The molecule has 0 aliphatic carbocycles. The highest BCUT2D eigenvalue weighted by molar-refractivity contribution is 7.90. The van der Waals surface area contributed by atoms with E-state index in [4.69, 9.17) is 9.47 Å². The molecule has 1 aliphatic rings. The van der Waals surface area contributed by atoms with Crippen LogP contribution in [0.25, 0.3) is 0 Å². The summed E-state index contributed by atoms with van der Waals surface area (Å²) in [6.07, 6.45) is 0.511. The van der Waals surface area contributed by atoms with E-state index < -0.39 is 21.9 Å². The van der Waals surface area contributed by atoms with E-state index >= 15 is 0 Å². The van der Waals surface area contributed by atoms with Gasteiger partial charge in [0.2, 0.25) is 6.29 Å². The van der Waals surface area contributed by atoms with Crippen LogP contribution in [-0.2, 0) is 21.2 Å². The first-order chi connectivity index (χ1) is 9.31. The van der Waals surface area contributed by atoms with Gasteiger partial charge in [-0.25, -0.2) is 12.8 Å². The molecule has 20 heavy (non-hydrogen) atoms. The summed E-state index contributed by atoms with van der Waals surface area (Å²) in [5.41, 5.74) is 0.257. The number of halogens is 1. The summed E-state index contributed by atoms with van der Waals surface area (Å²) in [6.45, 7) is 3.43. The molecule has 1 unspecified atom stereocenters. The molecule has 0 bridgehead atoms. The van der Waals surface area contributed by atoms with Crippen molar-refractivity contribution < 1.29 is 22.3 Å². The predicted octanol–water partition coefficient (Wildman–Crippen LogP) is 1.42. The van der Waals surface area contributed by atoms with E-state index in [2.05, 4.69) is 0 Å². The third-order valence-electron chi connectivity index (χ3n) is 3.23. The minimum absolute atomic E-state index is 0.0768. The zero-order chi connectivity index (χ0) is 14.9. The summed E-state index contributed by atoms with van der Waals surface area (Å²) in [4.78, 5) is 1.91. The molecule has 112 valence electrons. The molecule has 1 aromatic rings. The Kier molecular flexibility index (Phi) is 4.31. The van der Waals surface area contributed by atoms with Crippen molar-refractivity contribution in [2.45, 2.75) is 24.7 Å². The van der Waals surface area contributed by atoms with Crippen molar-refractivity contribution in [3.8, 4) is 5.75 Å². The first kappa shape index (κ1) is 15.2. The fourth-order valence-corrected chi connectivity index (χ4v) is 2.51. The van der Waals surface area contributed by atoms with E-state index in [0.29, 0.717) is 6.54 Å². The van der Waals surface area contributed by atoms with Crippen LogP contribution in [0.15, 0.2) is 17.0 Å². The van der Waals surface area contributed by atoms with Crippen LogP contribution < -0.4 is 4.74 Å². The van der Waals surface area contributed by atoms with Crippen molar-refractivity contribution in [3.63, 3.8) is 0 Å². The molecular formula is C13H18FNO4S. The Labute approximate surface area is 118 Å². The van der Waals surface area contributed by atoms with Crippen LogP contribution in [0.1, 0.15) is 12.5 Å². The molecule has 1 atom stereocenters. The van der Waals surface area contributed by atoms with Gasteiger partial charge < -0.3 is 14.4 Å². The van der Waals surface area contributed by atoms with Crippen molar-refractivity contribution in [1.82, 2.24) is 4.90 Å². The molecule has 0 spiro atoms. The number of nitrogens with zero attached hydrogens (tertiary/aromatic N) is 1. The molecular weight excluding hydrogens is 285 g/mol. The fraction of sp³-hybridized carbons (Fsp3) is 0.538. The summed E-state index contributed by atoms with van der Waals surface area (Å²) >= 11 is 0. The number of ether oxygens (including phenoxy) is 2. The van der Waals surface area contributed by atoms with Gasteiger partial charge in [0, 0.05) is 6.26 Å². The van der Waals surface area contributed by atoms with Crippen molar-refractivity contribution in [2.75, 3.05) is 26.4 Å². The van der Waals surface area contributed by atoms with Crippen LogP contribution in [0.5, 0.6) is 5.75 Å². The largest absolute Gasteiger partial charge is 0.463 e. The number of hydrogen-bond acceptors (Lipinski definition) is 5. The molecule has 0 aromatic heterocycles. The van der Waals surface area contributed by atoms with Crippen LogP contribution in [-0.4, -0.2) is 46.0 Å². The SMILES string of the molecule is CCN(C)CC1OCc2c(F)cc(S(C)(=O)=O)cc2O1. The van der Waals surface area contributed by atoms with Crippen molar-refractivity contribution in [1.29, 1.82) is 0 Å². The lowest BCUT2D eigenvalue weighted by Crippen LogP contribution is -2.37. The zero-order valence-corrected chi connectivity index (χ0v) is 12.5. The molecule has 1 aliphatic heterocycles. The van der Waals surface area contributed by atoms with Crippen LogP contribution in [0.3, 0.4) is 0 Å². The third-order valence-corrected chi connectivity index (χ3v) is 4.32. The van der Waals surface area contributed by atoms with E-state index in [1.54, 1.807) is 0 Å². The average Bonchev–Trinajstić information content (AvgIpc) is 2.37. The van der Waals surface area contributed by atoms with E-state index in [1.165, 1.54) is 6.07 Å². The van der Waals surface area contributed by atoms with Gasteiger partial charge in [-0.2, -0.15) is 0 Å². The van der Waals surface area contributed by atoms with Gasteiger partial charge in [-0.05, 0) is 25.7 Å². The average molecular weight is 303 g/mol. The normalized spacial score (nSPS) is 18.8. The Morgan fingerprint density at radius 2 is 2.15 bits per heavy atom. The molecule has 0 N–H and O–H groups in total. The highest BCUT2D eigenvalue weighted by Gasteiger charge is 2.26. The van der Waals surface area contributed by atoms with Gasteiger partial charge in [0.25, 0.3) is 0 Å². The summed E-state index contributed by atoms with van der Waals surface area (Å²) < 4.78 is 47.9. The predicted molar refractivity (Wildman–Crippen MR) is 71.9 cm³/mol. The molecule has 0 saturated heterocycles. The molecule has 1 aromatic carbocycles. The lowest BCUT2D eigenvalue weighted by molar-refractivity contribution is -0.119. The molecule has 7 heteroatoms. The van der Waals surface area contributed by atoms with Gasteiger partial charge in [0.1, 0.15) is 11.6 Å². The molecule has 2 rings (SSSR count). The van der Waals surface area contributed by atoms with Gasteiger partial charge >= 0.3 is 0 Å². The maximum Gasteiger partial charge on any atom is 0.213 e. The monoisotopic (exact) mass is 303 g/mol. The van der Waals surface area contributed by atoms with E-state index in [0.717, 1.165) is 18.9 Å². The maximum atomic E-state index is 13.9. The Bertz CT molecular complexity index is 603. The van der Waals surface area contributed by atoms with Crippen molar-refractivity contribution in [3.05, 3.63) is 23.5 Å². The maximum absolute atomic E-state index is 13.9. The first-order valence-corrected chi connectivity index (χ1v) is 8.19. The van der Waals surface area contributed by atoms with E-state index in [9.17, 15) is 12.8 Å². The van der Waals surface area contributed by atoms with E-state index in [-0.39, 0.29) is 22.8 Å². The summed E-state index contributed by atoms with van der Waals surface area (Å²) in [7, 11) is -1.56. The number of benzene rings is 1. The molecule has 0 radical (unpaired) electrons. The third kappa shape index (κ3) is 3.28. The smallest absolute Gasteiger partial charge is 0.213 e. The second kappa shape index (κ2) is 5.67. The molecule has 0 fully saturated rings. The molecule has 1 heterocycles. The first-order valence-electron chi connectivity index (χ1n) is 6.30. The van der Waals surface area contributed by atoms with E-state index in [1.807, 2.05) is 18.9 Å². The molecule has 0 saturated carbocycles. The van der Waals surface area contributed by atoms with Crippen LogP contribution in [0, 0.1) is 5.82 Å². The molecule has 0 amide bonds. The summed E-state index contributed by atoms with van der Waals surface area (Å²) in [5.74, 6) is -0.378. The number of hydrogen-bond donors (Lipinski definition) is 0. The summed E-state index contributed by atoms with van der Waals surface area (Å²) in [5, 5.41) is 0.